The van der Waals surface area contributed by atoms with E-state index in [1.165, 1.54) is 7.11 Å². The molecule has 5 nitrogen and oxygen atoms in total. The monoisotopic (exact) mass is 251 g/mol. The zero-order chi connectivity index (χ0) is 13.5. The minimum Gasteiger partial charge on any atom is -0.383 e. The van der Waals surface area contributed by atoms with Gasteiger partial charge < -0.3 is 15.4 Å². The molecule has 18 heavy (non-hydrogen) atoms. The fraction of sp³-hybridized carbons (Fsp3) is 0.538. The van der Waals surface area contributed by atoms with Crippen LogP contribution in [0.4, 0.5) is 0 Å². The van der Waals surface area contributed by atoms with Gasteiger partial charge >= 0.3 is 0 Å². The maximum Gasteiger partial charge on any atom is 0.242 e. The predicted octanol–water partition coefficient (Wildman–Crippen LogP) is 0.712. The predicted molar refractivity (Wildman–Crippen MR) is 69.9 cm³/mol. The highest BCUT2D eigenvalue weighted by molar-refractivity contribution is 5.81. The molecule has 0 aliphatic carbocycles. The summed E-state index contributed by atoms with van der Waals surface area (Å²) < 4.78 is 4.90. The van der Waals surface area contributed by atoms with Gasteiger partial charge in [0.05, 0.1) is 18.8 Å². The fourth-order valence-electron chi connectivity index (χ4n) is 1.71. The van der Waals surface area contributed by atoms with Gasteiger partial charge in [-0.3, -0.25) is 9.78 Å². The normalized spacial score (nSPS) is 12.2. The van der Waals surface area contributed by atoms with Crippen molar-refractivity contribution in [2.75, 3.05) is 20.3 Å². The number of amides is 1. The van der Waals surface area contributed by atoms with Gasteiger partial charge in [-0.25, -0.2) is 0 Å². The van der Waals surface area contributed by atoms with Gasteiger partial charge in [-0.2, -0.15) is 0 Å². The maximum absolute atomic E-state index is 12.0. The van der Waals surface area contributed by atoms with Crippen molar-refractivity contribution >= 4 is 5.91 Å². The van der Waals surface area contributed by atoms with E-state index in [9.17, 15) is 4.79 Å². The van der Waals surface area contributed by atoms with Crippen LogP contribution in [0.15, 0.2) is 18.2 Å². The molecule has 0 bridgehead atoms. The lowest BCUT2D eigenvalue weighted by Crippen LogP contribution is -2.45. The molecule has 0 radical (unpaired) electrons. The Bertz CT molecular complexity index is 396. The van der Waals surface area contributed by atoms with Crippen LogP contribution in [0.25, 0.3) is 0 Å². The number of likely N-dealkylation sites (N-methyl/N-ethyl adjacent to an activating group) is 1. The van der Waals surface area contributed by atoms with Crippen molar-refractivity contribution < 1.29 is 9.53 Å². The Morgan fingerprint density at radius 3 is 2.83 bits per heavy atom. The zero-order valence-corrected chi connectivity index (χ0v) is 11.2. The molecule has 2 N–H and O–H groups in total. The van der Waals surface area contributed by atoms with Crippen LogP contribution < -0.4 is 5.73 Å². The first-order valence-corrected chi connectivity index (χ1v) is 6.04. The first-order valence-electron chi connectivity index (χ1n) is 6.04. The Balaban J connectivity index is 2.69. The number of nitrogens with two attached hydrogens (primary N) is 1. The number of ether oxygens (including phenoxy) is 1. The van der Waals surface area contributed by atoms with Crippen LogP contribution in [0.3, 0.4) is 0 Å². The lowest BCUT2D eigenvalue weighted by atomic mass is 10.2. The average molecular weight is 251 g/mol. The van der Waals surface area contributed by atoms with E-state index in [-0.39, 0.29) is 12.5 Å². The number of methoxy groups -OCH3 is 1. The van der Waals surface area contributed by atoms with E-state index < -0.39 is 6.04 Å². The van der Waals surface area contributed by atoms with Gasteiger partial charge in [0.15, 0.2) is 0 Å². The first-order chi connectivity index (χ1) is 8.58. The molecule has 1 heterocycles. The highest BCUT2D eigenvalue weighted by Gasteiger charge is 2.20. The highest BCUT2D eigenvalue weighted by Crippen LogP contribution is 2.05. The highest BCUT2D eigenvalue weighted by atomic mass is 16.5. The molecule has 0 aliphatic rings. The molecule has 0 saturated heterocycles. The smallest absolute Gasteiger partial charge is 0.242 e. The van der Waals surface area contributed by atoms with Gasteiger partial charge in [-0.05, 0) is 26.0 Å². The third-order valence-corrected chi connectivity index (χ3v) is 2.66. The molecule has 100 valence electrons. The number of pyridine rings is 1. The Hall–Kier alpha value is -1.46. The molecule has 1 aromatic heterocycles. The Kier molecular flexibility index (Phi) is 5.74. The molecule has 1 atom stereocenters. The van der Waals surface area contributed by atoms with E-state index in [1.807, 2.05) is 32.0 Å². The Labute approximate surface area is 108 Å². The Morgan fingerprint density at radius 1 is 1.56 bits per heavy atom. The molecule has 1 unspecified atom stereocenters. The minimum atomic E-state index is -0.611. The van der Waals surface area contributed by atoms with Crippen molar-refractivity contribution in [3.8, 4) is 0 Å². The summed E-state index contributed by atoms with van der Waals surface area (Å²) in [6.45, 7) is 5.17. The number of rotatable bonds is 6. The standard InChI is InChI=1S/C13H21N3O2/c1-4-16(13(17)12(14)9-18-3)8-11-7-5-6-10(2)15-11/h5-7,12H,4,8-9,14H2,1-3H3. The molecule has 1 aromatic rings. The van der Waals surface area contributed by atoms with E-state index >= 15 is 0 Å². The lowest BCUT2D eigenvalue weighted by molar-refractivity contribution is -0.134. The van der Waals surface area contributed by atoms with Crippen LogP contribution in [0.1, 0.15) is 18.3 Å². The van der Waals surface area contributed by atoms with E-state index in [0.29, 0.717) is 13.1 Å². The van der Waals surface area contributed by atoms with Gasteiger partial charge in [-0.1, -0.05) is 6.07 Å². The van der Waals surface area contributed by atoms with Gasteiger partial charge in [0.2, 0.25) is 5.91 Å². The molecule has 0 fully saturated rings. The van der Waals surface area contributed by atoms with Crippen LogP contribution in [-0.4, -0.2) is 42.1 Å². The SMILES string of the molecule is CCN(Cc1cccc(C)n1)C(=O)C(N)COC. The summed E-state index contributed by atoms with van der Waals surface area (Å²) in [4.78, 5) is 18.1. The number of hydrogen-bond donors (Lipinski definition) is 1. The van der Waals surface area contributed by atoms with Crippen molar-refractivity contribution in [1.29, 1.82) is 0 Å². The van der Waals surface area contributed by atoms with Crippen LogP contribution in [0.2, 0.25) is 0 Å². The number of carbonyl (C=O) groups excluding carboxylic acids is 1. The summed E-state index contributed by atoms with van der Waals surface area (Å²) in [6, 6.07) is 5.16. The van der Waals surface area contributed by atoms with Crippen molar-refractivity contribution in [2.24, 2.45) is 5.73 Å². The number of nitrogens with zero attached hydrogens (tertiary/aromatic N) is 2. The van der Waals surface area contributed by atoms with Crippen LogP contribution >= 0.6 is 0 Å². The molecule has 1 rings (SSSR count). The van der Waals surface area contributed by atoms with Crippen LogP contribution in [0.5, 0.6) is 0 Å². The molecular formula is C13H21N3O2. The van der Waals surface area contributed by atoms with E-state index in [0.717, 1.165) is 11.4 Å². The van der Waals surface area contributed by atoms with Crippen molar-refractivity contribution in [3.63, 3.8) is 0 Å². The van der Waals surface area contributed by atoms with Crippen molar-refractivity contribution in [1.82, 2.24) is 9.88 Å². The van der Waals surface area contributed by atoms with E-state index in [1.54, 1.807) is 4.90 Å². The van der Waals surface area contributed by atoms with Crippen LogP contribution in [0, 0.1) is 6.92 Å². The molecular weight excluding hydrogens is 230 g/mol. The number of aromatic nitrogens is 1. The summed E-state index contributed by atoms with van der Waals surface area (Å²) in [5.74, 6) is -0.109. The number of hydrogen-bond acceptors (Lipinski definition) is 4. The molecule has 0 aromatic carbocycles. The second-order valence-corrected chi connectivity index (χ2v) is 4.18. The van der Waals surface area contributed by atoms with E-state index in [2.05, 4.69) is 4.98 Å². The van der Waals surface area contributed by atoms with Crippen molar-refractivity contribution in [2.45, 2.75) is 26.4 Å². The zero-order valence-electron chi connectivity index (χ0n) is 11.2. The third-order valence-electron chi connectivity index (χ3n) is 2.66. The number of aryl methyl sites for hydroxylation is 1. The summed E-state index contributed by atoms with van der Waals surface area (Å²) in [5.41, 5.74) is 7.56. The van der Waals surface area contributed by atoms with Gasteiger partial charge in [0, 0.05) is 19.3 Å². The molecule has 0 aliphatic heterocycles. The molecule has 0 spiro atoms. The molecule has 5 heteroatoms. The third kappa shape index (κ3) is 4.09. The lowest BCUT2D eigenvalue weighted by Gasteiger charge is -2.23. The van der Waals surface area contributed by atoms with Gasteiger partial charge in [-0.15, -0.1) is 0 Å². The van der Waals surface area contributed by atoms with Crippen molar-refractivity contribution in [3.05, 3.63) is 29.6 Å². The Morgan fingerprint density at radius 2 is 2.28 bits per heavy atom. The summed E-state index contributed by atoms with van der Waals surface area (Å²) in [6.07, 6.45) is 0. The topological polar surface area (TPSA) is 68.5 Å². The molecule has 1 amide bonds. The second-order valence-electron chi connectivity index (χ2n) is 4.18. The maximum atomic E-state index is 12.0. The molecule has 0 saturated carbocycles. The summed E-state index contributed by atoms with van der Waals surface area (Å²) in [5, 5.41) is 0. The fourth-order valence-corrected chi connectivity index (χ4v) is 1.71. The van der Waals surface area contributed by atoms with E-state index in [4.69, 9.17) is 10.5 Å². The second kappa shape index (κ2) is 7.08. The van der Waals surface area contributed by atoms with Gasteiger partial charge in [0.1, 0.15) is 6.04 Å². The number of carbonyl (C=O) groups is 1. The summed E-state index contributed by atoms with van der Waals surface area (Å²) in [7, 11) is 1.53. The summed E-state index contributed by atoms with van der Waals surface area (Å²) >= 11 is 0. The largest absolute Gasteiger partial charge is 0.383 e. The average Bonchev–Trinajstić information content (AvgIpc) is 2.35. The van der Waals surface area contributed by atoms with Crippen LogP contribution in [-0.2, 0) is 16.1 Å². The quantitative estimate of drug-likeness (QED) is 0.808. The first kappa shape index (κ1) is 14.6. The minimum absolute atomic E-state index is 0.109. The van der Waals surface area contributed by atoms with Gasteiger partial charge in [0.25, 0.3) is 0 Å².